The predicted molar refractivity (Wildman–Crippen MR) is 60.4 cm³/mol. The van der Waals surface area contributed by atoms with Crippen LogP contribution in [0.1, 0.15) is 31.1 Å². The van der Waals surface area contributed by atoms with Crippen LogP contribution in [0.25, 0.3) is 11.0 Å². The van der Waals surface area contributed by atoms with Gasteiger partial charge in [0.05, 0.1) is 6.04 Å². The highest BCUT2D eigenvalue weighted by molar-refractivity contribution is 5.78. The molecule has 1 aromatic carbocycles. The van der Waals surface area contributed by atoms with Crippen LogP contribution in [0, 0.1) is 11.7 Å². The molecule has 1 aromatic heterocycles. The van der Waals surface area contributed by atoms with Crippen molar-refractivity contribution in [2.45, 2.75) is 25.3 Å². The number of rotatable bonds is 3. The van der Waals surface area contributed by atoms with Crippen molar-refractivity contribution < 1.29 is 8.81 Å². The Labute approximate surface area is 93.2 Å². The van der Waals surface area contributed by atoms with Crippen LogP contribution >= 0.6 is 0 Å². The van der Waals surface area contributed by atoms with Crippen molar-refractivity contribution in [3.8, 4) is 0 Å². The number of furan rings is 1. The first-order valence-corrected chi connectivity index (χ1v) is 5.67. The molecule has 16 heavy (non-hydrogen) atoms. The smallest absolute Gasteiger partial charge is 0.169 e. The third kappa shape index (κ3) is 1.71. The van der Waals surface area contributed by atoms with Crippen LogP contribution in [0.15, 0.2) is 28.7 Å². The molecule has 1 saturated carbocycles. The Balaban J connectivity index is 1.94. The van der Waals surface area contributed by atoms with Crippen LogP contribution in [-0.2, 0) is 0 Å². The second-order valence-electron chi connectivity index (χ2n) is 4.59. The number of benzene rings is 1. The maximum Gasteiger partial charge on any atom is 0.169 e. The molecule has 0 amide bonds. The van der Waals surface area contributed by atoms with E-state index in [9.17, 15) is 4.39 Å². The lowest BCUT2D eigenvalue weighted by molar-refractivity contribution is 0.453. The Hall–Kier alpha value is -1.35. The van der Waals surface area contributed by atoms with E-state index < -0.39 is 0 Å². The summed E-state index contributed by atoms with van der Waals surface area (Å²) in [4.78, 5) is 0. The highest BCUT2D eigenvalue weighted by Gasteiger charge is 2.26. The van der Waals surface area contributed by atoms with Crippen molar-refractivity contribution in [2.75, 3.05) is 0 Å². The van der Waals surface area contributed by atoms with Gasteiger partial charge in [-0.3, -0.25) is 0 Å². The molecule has 1 heterocycles. The Kier molecular flexibility index (Phi) is 2.21. The molecule has 2 N–H and O–H groups in total. The zero-order valence-electron chi connectivity index (χ0n) is 8.95. The van der Waals surface area contributed by atoms with E-state index in [0.717, 1.165) is 17.7 Å². The summed E-state index contributed by atoms with van der Waals surface area (Å²) in [6, 6.07) is 6.69. The van der Waals surface area contributed by atoms with Crippen molar-refractivity contribution in [2.24, 2.45) is 11.7 Å². The van der Waals surface area contributed by atoms with Gasteiger partial charge in [0.2, 0.25) is 0 Å². The monoisotopic (exact) mass is 219 g/mol. The zero-order chi connectivity index (χ0) is 11.1. The minimum atomic E-state index is -0.317. The molecule has 0 saturated heterocycles. The van der Waals surface area contributed by atoms with Gasteiger partial charge >= 0.3 is 0 Å². The molecule has 3 heteroatoms. The van der Waals surface area contributed by atoms with Crippen LogP contribution < -0.4 is 5.73 Å². The fraction of sp³-hybridized carbons (Fsp3) is 0.385. The zero-order valence-corrected chi connectivity index (χ0v) is 8.95. The molecule has 1 fully saturated rings. The molecule has 0 aliphatic heterocycles. The fourth-order valence-corrected chi connectivity index (χ4v) is 2.06. The van der Waals surface area contributed by atoms with Crippen LogP contribution in [0.4, 0.5) is 4.39 Å². The summed E-state index contributed by atoms with van der Waals surface area (Å²) >= 11 is 0. The largest absolute Gasteiger partial charge is 0.456 e. The summed E-state index contributed by atoms with van der Waals surface area (Å²) in [6.45, 7) is 0. The number of fused-ring (bicyclic) bond motifs is 1. The van der Waals surface area contributed by atoms with Crippen molar-refractivity contribution in [1.29, 1.82) is 0 Å². The molecule has 0 radical (unpaired) electrons. The third-order valence-corrected chi connectivity index (χ3v) is 3.16. The third-order valence-electron chi connectivity index (χ3n) is 3.16. The van der Waals surface area contributed by atoms with Gasteiger partial charge < -0.3 is 10.2 Å². The normalized spacial score (nSPS) is 17.9. The lowest BCUT2D eigenvalue weighted by Crippen LogP contribution is -2.09. The van der Waals surface area contributed by atoms with Gasteiger partial charge in [0, 0.05) is 5.39 Å². The second-order valence-corrected chi connectivity index (χ2v) is 4.59. The summed E-state index contributed by atoms with van der Waals surface area (Å²) in [5, 5.41) is 0.793. The van der Waals surface area contributed by atoms with E-state index >= 15 is 0 Å². The van der Waals surface area contributed by atoms with Gasteiger partial charge in [-0.2, -0.15) is 0 Å². The van der Waals surface area contributed by atoms with E-state index in [1.54, 1.807) is 6.07 Å². The van der Waals surface area contributed by atoms with Crippen LogP contribution in [-0.4, -0.2) is 0 Å². The van der Waals surface area contributed by atoms with E-state index in [-0.39, 0.29) is 11.9 Å². The Morgan fingerprint density at radius 1 is 1.44 bits per heavy atom. The van der Waals surface area contributed by atoms with Gasteiger partial charge in [-0.15, -0.1) is 0 Å². The summed E-state index contributed by atoms with van der Waals surface area (Å²) in [5.74, 6) is 1.13. The Bertz CT molecular complexity index is 516. The Morgan fingerprint density at radius 3 is 2.94 bits per heavy atom. The minimum absolute atomic E-state index is 0.0979. The van der Waals surface area contributed by atoms with Crippen molar-refractivity contribution in [3.05, 3.63) is 35.8 Å². The van der Waals surface area contributed by atoms with Crippen LogP contribution in [0.2, 0.25) is 0 Å². The quantitative estimate of drug-likeness (QED) is 0.859. The molecule has 1 aliphatic rings. The summed E-state index contributed by atoms with van der Waals surface area (Å²) in [5.41, 5.74) is 6.36. The first-order chi connectivity index (χ1) is 7.74. The summed E-state index contributed by atoms with van der Waals surface area (Å²) in [7, 11) is 0. The summed E-state index contributed by atoms with van der Waals surface area (Å²) in [6.07, 6.45) is 3.48. The molecule has 1 unspecified atom stereocenters. The molecular weight excluding hydrogens is 205 g/mol. The van der Waals surface area contributed by atoms with E-state index in [0.29, 0.717) is 11.3 Å². The minimum Gasteiger partial charge on any atom is -0.456 e. The SMILES string of the molecule is NC(CC1CC1)c1cc2cccc(F)c2o1. The molecule has 2 nitrogen and oxygen atoms in total. The molecule has 2 aromatic rings. The topological polar surface area (TPSA) is 39.2 Å². The summed E-state index contributed by atoms with van der Waals surface area (Å²) < 4.78 is 18.9. The average molecular weight is 219 g/mol. The van der Waals surface area contributed by atoms with E-state index in [1.165, 1.54) is 18.9 Å². The van der Waals surface area contributed by atoms with E-state index in [1.807, 2.05) is 12.1 Å². The van der Waals surface area contributed by atoms with Crippen molar-refractivity contribution in [1.82, 2.24) is 0 Å². The van der Waals surface area contributed by atoms with Crippen molar-refractivity contribution >= 4 is 11.0 Å². The van der Waals surface area contributed by atoms with Gasteiger partial charge in [-0.1, -0.05) is 25.0 Å². The molecular formula is C13H14FNO. The molecule has 1 aliphatic carbocycles. The van der Waals surface area contributed by atoms with E-state index in [4.69, 9.17) is 10.2 Å². The van der Waals surface area contributed by atoms with Crippen LogP contribution in [0.5, 0.6) is 0 Å². The maximum atomic E-state index is 13.4. The molecule has 3 rings (SSSR count). The predicted octanol–water partition coefficient (Wildman–Crippen LogP) is 3.37. The number of halogens is 1. The first kappa shape index (κ1) is 9.85. The lowest BCUT2D eigenvalue weighted by Gasteiger charge is -2.06. The van der Waals surface area contributed by atoms with E-state index in [2.05, 4.69) is 0 Å². The van der Waals surface area contributed by atoms with Gasteiger partial charge in [-0.25, -0.2) is 4.39 Å². The lowest BCUT2D eigenvalue weighted by atomic mass is 10.1. The maximum absolute atomic E-state index is 13.4. The molecule has 1 atom stereocenters. The highest BCUT2D eigenvalue weighted by Crippen LogP contribution is 2.37. The average Bonchev–Trinajstić information content (AvgIpc) is 2.95. The van der Waals surface area contributed by atoms with Gasteiger partial charge in [0.25, 0.3) is 0 Å². The fourth-order valence-electron chi connectivity index (χ4n) is 2.06. The molecule has 0 bridgehead atoms. The molecule has 84 valence electrons. The second kappa shape index (κ2) is 3.59. The number of para-hydroxylation sites is 1. The number of hydrogen-bond donors (Lipinski definition) is 1. The standard InChI is InChI=1S/C13H14FNO/c14-10-3-1-2-9-7-12(16-13(9)10)11(15)6-8-4-5-8/h1-3,7-8,11H,4-6,15H2. The number of hydrogen-bond acceptors (Lipinski definition) is 2. The van der Waals surface area contributed by atoms with Crippen molar-refractivity contribution in [3.63, 3.8) is 0 Å². The Morgan fingerprint density at radius 2 is 2.25 bits per heavy atom. The molecule has 0 spiro atoms. The highest BCUT2D eigenvalue weighted by atomic mass is 19.1. The van der Waals surface area contributed by atoms with Gasteiger partial charge in [0.15, 0.2) is 11.4 Å². The first-order valence-electron chi connectivity index (χ1n) is 5.67. The number of nitrogens with two attached hydrogens (primary N) is 1. The van der Waals surface area contributed by atoms with Gasteiger partial charge in [-0.05, 0) is 24.5 Å². The van der Waals surface area contributed by atoms with Gasteiger partial charge in [0.1, 0.15) is 5.76 Å². The van der Waals surface area contributed by atoms with Crippen LogP contribution in [0.3, 0.4) is 0 Å².